The standard InChI is InChI=1S/C26H25N3O4/c1-18-27-23-15-20(12-13-24(23)29(18)21-9-5-4-6-10-21)26(31)33-17-25(30)28(2)16-19-8-7-11-22(14-19)32-3/h4-15H,16-17H2,1-3H3. The third-order valence-corrected chi connectivity index (χ3v) is 5.38. The number of aromatic nitrogens is 2. The van der Waals surface area contributed by atoms with Gasteiger partial charge in [-0.3, -0.25) is 9.36 Å². The fourth-order valence-electron chi connectivity index (χ4n) is 3.68. The molecule has 0 saturated heterocycles. The van der Waals surface area contributed by atoms with E-state index >= 15 is 0 Å². The number of benzene rings is 3. The summed E-state index contributed by atoms with van der Waals surface area (Å²) in [5.41, 5.74) is 3.85. The van der Waals surface area contributed by atoms with Gasteiger partial charge in [0.25, 0.3) is 5.91 Å². The molecule has 168 valence electrons. The summed E-state index contributed by atoms with van der Waals surface area (Å²) in [6.45, 7) is 1.96. The van der Waals surface area contributed by atoms with E-state index in [0.29, 0.717) is 17.6 Å². The van der Waals surface area contributed by atoms with Crippen molar-refractivity contribution in [2.75, 3.05) is 20.8 Å². The van der Waals surface area contributed by atoms with Gasteiger partial charge in [-0.2, -0.15) is 0 Å². The van der Waals surface area contributed by atoms with E-state index in [1.807, 2.05) is 72.2 Å². The van der Waals surface area contributed by atoms with Gasteiger partial charge < -0.3 is 14.4 Å². The normalized spacial score (nSPS) is 10.8. The second-order valence-electron chi connectivity index (χ2n) is 7.71. The number of para-hydroxylation sites is 1. The van der Waals surface area contributed by atoms with Crippen LogP contribution in [0.1, 0.15) is 21.7 Å². The number of likely N-dealkylation sites (N-methyl/N-ethyl adjacent to an activating group) is 1. The number of fused-ring (bicyclic) bond motifs is 1. The number of rotatable bonds is 7. The zero-order valence-electron chi connectivity index (χ0n) is 18.8. The van der Waals surface area contributed by atoms with Crippen LogP contribution < -0.4 is 4.74 Å². The molecule has 0 spiro atoms. The summed E-state index contributed by atoms with van der Waals surface area (Å²) in [5, 5.41) is 0. The Hall–Kier alpha value is -4.13. The van der Waals surface area contributed by atoms with Crippen molar-refractivity contribution in [3.63, 3.8) is 0 Å². The lowest BCUT2D eigenvalue weighted by atomic mass is 10.2. The molecule has 4 aromatic rings. The molecule has 0 atom stereocenters. The maximum absolute atomic E-state index is 12.6. The maximum Gasteiger partial charge on any atom is 0.338 e. The average molecular weight is 444 g/mol. The predicted octanol–water partition coefficient (Wildman–Crippen LogP) is 4.16. The summed E-state index contributed by atoms with van der Waals surface area (Å²) in [6, 6.07) is 22.6. The SMILES string of the molecule is COc1cccc(CN(C)C(=O)COC(=O)c2ccc3c(c2)nc(C)n3-c2ccccc2)c1. The van der Waals surface area contributed by atoms with Crippen LogP contribution in [0.15, 0.2) is 72.8 Å². The number of nitrogens with zero attached hydrogens (tertiary/aromatic N) is 3. The molecule has 33 heavy (non-hydrogen) atoms. The molecular formula is C26H25N3O4. The molecule has 0 bridgehead atoms. The summed E-state index contributed by atoms with van der Waals surface area (Å²) >= 11 is 0. The Bertz CT molecular complexity index is 1300. The van der Waals surface area contributed by atoms with Crippen molar-refractivity contribution < 1.29 is 19.1 Å². The summed E-state index contributed by atoms with van der Waals surface area (Å²) in [6.07, 6.45) is 0. The van der Waals surface area contributed by atoms with Crippen molar-refractivity contribution >= 4 is 22.9 Å². The molecule has 3 aromatic carbocycles. The zero-order chi connectivity index (χ0) is 23.4. The van der Waals surface area contributed by atoms with E-state index in [4.69, 9.17) is 9.47 Å². The Kier molecular flexibility index (Phi) is 6.40. The van der Waals surface area contributed by atoms with Gasteiger partial charge in [-0.25, -0.2) is 9.78 Å². The van der Waals surface area contributed by atoms with Crippen LogP contribution in [0.2, 0.25) is 0 Å². The van der Waals surface area contributed by atoms with E-state index < -0.39 is 5.97 Å². The van der Waals surface area contributed by atoms with Gasteiger partial charge in [0, 0.05) is 19.3 Å². The van der Waals surface area contributed by atoms with E-state index in [9.17, 15) is 9.59 Å². The first-order valence-corrected chi connectivity index (χ1v) is 10.5. The highest BCUT2D eigenvalue weighted by molar-refractivity contribution is 5.95. The van der Waals surface area contributed by atoms with Gasteiger partial charge in [-0.15, -0.1) is 0 Å². The van der Waals surface area contributed by atoms with Crippen LogP contribution >= 0.6 is 0 Å². The molecular weight excluding hydrogens is 418 g/mol. The molecule has 0 aliphatic carbocycles. The number of methoxy groups -OCH3 is 1. The van der Waals surface area contributed by atoms with Crippen LogP contribution in [0.4, 0.5) is 0 Å². The topological polar surface area (TPSA) is 73.7 Å². The Labute approximate surface area is 192 Å². The number of aryl methyl sites for hydroxylation is 1. The van der Waals surface area contributed by atoms with Gasteiger partial charge >= 0.3 is 5.97 Å². The van der Waals surface area contributed by atoms with Crippen LogP contribution in [0.5, 0.6) is 5.75 Å². The third kappa shape index (κ3) is 4.87. The second kappa shape index (κ2) is 9.56. The molecule has 7 nitrogen and oxygen atoms in total. The van der Waals surface area contributed by atoms with Gasteiger partial charge in [0.2, 0.25) is 0 Å². The molecule has 0 radical (unpaired) electrons. The number of hydrogen-bond donors (Lipinski definition) is 0. The van der Waals surface area contributed by atoms with Crippen LogP contribution in [0.3, 0.4) is 0 Å². The minimum Gasteiger partial charge on any atom is -0.497 e. The lowest BCUT2D eigenvalue weighted by Crippen LogP contribution is -2.30. The third-order valence-electron chi connectivity index (χ3n) is 5.38. The summed E-state index contributed by atoms with van der Waals surface area (Å²) in [5.74, 6) is 0.680. The van der Waals surface area contributed by atoms with E-state index in [0.717, 1.165) is 28.3 Å². The van der Waals surface area contributed by atoms with E-state index in [-0.39, 0.29) is 12.5 Å². The van der Waals surface area contributed by atoms with Gasteiger partial charge in [-0.05, 0) is 55.0 Å². The van der Waals surface area contributed by atoms with Crippen molar-refractivity contribution in [3.8, 4) is 11.4 Å². The number of imidazole rings is 1. The number of carbonyl (C=O) groups excluding carboxylic acids is 2. The molecule has 0 fully saturated rings. The Morgan fingerprint density at radius 3 is 2.55 bits per heavy atom. The number of ether oxygens (including phenoxy) is 2. The van der Waals surface area contributed by atoms with Crippen molar-refractivity contribution in [2.24, 2.45) is 0 Å². The van der Waals surface area contributed by atoms with Gasteiger partial charge in [0.15, 0.2) is 6.61 Å². The molecule has 1 heterocycles. The van der Waals surface area contributed by atoms with Gasteiger partial charge in [0.1, 0.15) is 11.6 Å². The largest absolute Gasteiger partial charge is 0.497 e. The van der Waals surface area contributed by atoms with Crippen LogP contribution in [-0.2, 0) is 16.1 Å². The molecule has 0 aliphatic heterocycles. The van der Waals surface area contributed by atoms with E-state index in [1.54, 1.807) is 26.3 Å². The first-order chi connectivity index (χ1) is 16.0. The summed E-state index contributed by atoms with van der Waals surface area (Å²) < 4.78 is 12.5. The quantitative estimate of drug-likeness (QED) is 0.401. The fraction of sp³-hybridized carbons (Fsp3) is 0.192. The van der Waals surface area contributed by atoms with Crippen molar-refractivity contribution in [1.82, 2.24) is 14.5 Å². The Balaban J connectivity index is 1.42. The van der Waals surface area contributed by atoms with Crippen molar-refractivity contribution in [3.05, 3.63) is 89.7 Å². The van der Waals surface area contributed by atoms with Crippen molar-refractivity contribution in [2.45, 2.75) is 13.5 Å². The van der Waals surface area contributed by atoms with Crippen LogP contribution in [0.25, 0.3) is 16.7 Å². The van der Waals surface area contributed by atoms with Crippen molar-refractivity contribution in [1.29, 1.82) is 0 Å². The highest BCUT2D eigenvalue weighted by Gasteiger charge is 2.16. The monoisotopic (exact) mass is 443 g/mol. The first kappa shape index (κ1) is 22.1. The van der Waals surface area contributed by atoms with Crippen LogP contribution in [0, 0.1) is 6.92 Å². The number of amides is 1. The average Bonchev–Trinajstić information content (AvgIpc) is 3.17. The number of carbonyl (C=O) groups is 2. The van der Waals surface area contributed by atoms with Gasteiger partial charge in [0.05, 0.1) is 23.7 Å². The molecule has 0 unspecified atom stereocenters. The Morgan fingerprint density at radius 2 is 1.79 bits per heavy atom. The maximum atomic E-state index is 12.6. The number of hydrogen-bond acceptors (Lipinski definition) is 5. The minimum absolute atomic E-state index is 0.295. The highest BCUT2D eigenvalue weighted by Crippen LogP contribution is 2.22. The smallest absolute Gasteiger partial charge is 0.338 e. The first-order valence-electron chi connectivity index (χ1n) is 10.5. The summed E-state index contributed by atoms with van der Waals surface area (Å²) in [7, 11) is 3.26. The fourth-order valence-corrected chi connectivity index (χ4v) is 3.68. The second-order valence-corrected chi connectivity index (χ2v) is 7.71. The predicted molar refractivity (Wildman–Crippen MR) is 126 cm³/mol. The minimum atomic E-state index is -0.563. The summed E-state index contributed by atoms with van der Waals surface area (Å²) in [4.78, 5) is 31.1. The van der Waals surface area contributed by atoms with Gasteiger partial charge in [-0.1, -0.05) is 30.3 Å². The van der Waals surface area contributed by atoms with Crippen LogP contribution in [-0.4, -0.2) is 47.1 Å². The molecule has 1 aromatic heterocycles. The number of esters is 1. The highest BCUT2D eigenvalue weighted by atomic mass is 16.5. The lowest BCUT2D eigenvalue weighted by molar-refractivity contribution is -0.133. The molecule has 0 aliphatic rings. The molecule has 4 rings (SSSR count). The van der Waals surface area contributed by atoms with E-state index in [1.165, 1.54) is 4.90 Å². The lowest BCUT2D eigenvalue weighted by Gasteiger charge is -2.17. The van der Waals surface area contributed by atoms with E-state index in [2.05, 4.69) is 4.98 Å². The molecule has 0 saturated carbocycles. The zero-order valence-corrected chi connectivity index (χ0v) is 18.8. The Morgan fingerprint density at radius 1 is 1.00 bits per heavy atom. The molecule has 0 N–H and O–H groups in total. The molecule has 7 heteroatoms. The molecule has 1 amide bonds.